The van der Waals surface area contributed by atoms with E-state index in [0.29, 0.717) is 16.4 Å². The molecule has 0 aliphatic rings. The highest BCUT2D eigenvalue weighted by Crippen LogP contribution is 2.19. The van der Waals surface area contributed by atoms with Crippen molar-refractivity contribution < 1.29 is 9.59 Å². The van der Waals surface area contributed by atoms with E-state index < -0.39 is 0 Å². The van der Waals surface area contributed by atoms with E-state index in [9.17, 15) is 9.59 Å². The van der Waals surface area contributed by atoms with Gasteiger partial charge in [0.05, 0.1) is 0 Å². The number of anilines is 2. The van der Waals surface area contributed by atoms with Crippen molar-refractivity contribution in [2.75, 3.05) is 10.6 Å². The number of nitrogens with zero attached hydrogens (tertiary/aromatic N) is 2. The minimum absolute atomic E-state index is 0.0110. The molecule has 0 saturated carbocycles. The van der Waals surface area contributed by atoms with Gasteiger partial charge in [-0.3, -0.25) is 14.9 Å². The second kappa shape index (κ2) is 10.8. The maximum Gasteiger partial charge on any atom is 0.257 e. The Morgan fingerprint density at radius 3 is 2.33 bits per heavy atom. The van der Waals surface area contributed by atoms with Crippen LogP contribution in [-0.2, 0) is 11.2 Å². The molecule has 0 unspecified atom stereocenters. The highest BCUT2D eigenvalue weighted by atomic mass is 32.1. The Kier molecular flexibility index (Phi) is 8.39. The summed E-state index contributed by atoms with van der Waals surface area (Å²) in [7, 11) is 0. The quantitative estimate of drug-likeness (QED) is 0.567. The van der Waals surface area contributed by atoms with E-state index in [4.69, 9.17) is 0 Å². The van der Waals surface area contributed by atoms with Crippen molar-refractivity contribution in [1.82, 2.24) is 10.2 Å². The third-order valence-corrected chi connectivity index (χ3v) is 5.35. The third kappa shape index (κ3) is 6.43. The van der Waals surface area contributed by atoms with E-state index in [0.717, 1.165) is 37.1 Å². The van der Waals surface area contributed by atoms with Crippen LogP contribution in [0.15, 0.2) is 24.3 Å². The fraction of sp³-hybridized carbons (Fsp3) is 0.500. The van der Waals surface area contributed by atoms with E-state index in [1.807, 2.05) is 13.8 Å². The molecule has 0 spiro atoms. The van der Waals surface area contributed by atoms with Gasteiger partial charge in [0.2, 0.25) is 11.0 Å². The summed E-state index contributed by atoms with van der Waals surface area (Å²) >= 11 is 1.41. The third-order valence-electron chi connectivity index (χ3n) is 4.45. The van der Waals surface area contributed by atoms with Crippen LogP contribution in [0.25, 0.3) is 0 Å². The number of aromatic nitrogens is 2. The van der Waals surface area contributed by atoms with Gasteiger partial charge in [0.25, 0.3) is 5.91 Å². The number of benzene rings is 1. The first-order chi connectivity index (χ1) is 13.1. The molecule has 0 radical (unpaired) electrons. The number of nitrogens with one attached hydrogen (secondary N) is 2. The van der Waals surface area contributed by atoms with E-state index in [1.165, 1.54) is 17.8 Å². The van der Waals surface area contributed by atoms with Gasteiger partial charge >= 0.3 is 0 Å². The summed E-state index contributed by atoms with van der Waals surface area (Å²) in [6, 6.07) is 6.87. The molecule has 1 heterocycles. The molecule has 1 aromatic carbocycles. The molecule has 2 rings (SSSR count). The van der Waals surface area contributed by atoms with Crippen LogP contribution in [0.4, 0.5) is 10.8 Å². The average molecular weight is 389 g/mol. The molecule has 0 saturated heterocycles. The van der Waals surface area contributed by atoms with Crippen LogP contribution in [0.5, 0.6) is 0 Å². The van der Waals surface area contributed by atoms with Crippen LogP contribution in [0.2, 0.25) is 0 Å². The van der Waals surface area contributed by atoms with Gasteiger partial charge < -0.3 is 5.32 Å². The van der Waals surface area contributed by atoms with Gasteiger partial charge in [-0.25, -0.2) is 0 Å². The summed E-state index contributed by atoms with van der Waals surface area (Å²) < 4.78 is 0. The predicted octanol–water partition coefficient (Wildman–Crippen LogP) is 4.90. The van der Waals surface area contributed by atoms with Gasteiger partial charge in [-0.1, -0.05) is 44.9 Å². The monoisotopic (exact) mass is 388 g/mol. The molecule has 7 heteroatoms. The summed E-state index contributed by atoms with van der Waals surface area (Å²) in [6.07, 6.45) is 5.93. The van der Waals surface area contributed by atoms with Gasteiger partial charge in [-0.05, 0) is 43.5 Å². The number of hydrogen-bond acceptors (Lipinski definition) is 5. The molecule has 2 N–H and O–H groups in total. The van der Waals surface area contributed by atoms with Gasteiger partial charge in [0.1, 0.15) is 5.01 Å². The van der Waals surface area contributed by atoms with Crippen LogP contribution in [0.1, 0.15) is 68.2 Å². The van der Waals surface area contributed by atoms with E-state index >= 15 is 0 Å². The standard InChI is InChI=1S/C20H28N4O2S/c1-4-7-8-9-17-23-24-20(27-17)22-19(26)15-10-12-16(13-11-15)21-18(25)14(5-2)6-3/h10-14H,4-9H2,1-3H3,(H,21,25)(H,22,24,26). The zero-order chi connectivity index (χ0) is 19.6. The molecule has 2 amide bonds. The number of carbonyl (C=O) groups is 2. The van der Waals surface area contributed by atoms with Crippen LogP contribution in [0.3, 0.4) is 0 Å². The minimum Gasteiger partial charge on any atom is -0.326 e. The molecule has 1 aromatic heterocycles. The normalized spacial score (nSPS) is 10.8. The summed E-state index contributed by atoms with van der Waals surface area (Å²) in [5.41, 5.74) is 1.20. The van der Waals surface area contributed by atoms with Crippen LogP contribution in [-0.4, -0.2) is 22.0 Å². The molecule has 6 nitrogen and oxygen atoms in total. The number of amides is 2. The molecular weight excluding hydrogens is 360 g/mol. The molecule has 0 fully saturated rings. The van der Waals surface area contributed by atoms with Crippen molar-refractivity contribution in [2.24, 2.45) is 5.92 Å². The summed E-state index contributed by atoms with van der Waals surface area (Å²) in [5, 5.41) is 15.3. The van der Waals surface area contributed by atoms with Crippen molar-refractivity contribution in [2.45, 2.75) is 59.3 Å². The predicted molar refractivity (Wildman–Crippen MR) is 110 cm³/mol. The van der Waals surface area contributed by atoms with Crippen LogP contribution < -0.4 is 10.6 Å². The first-order valence-electron chi connectivity index (χ1n) is 9.62. The highest BCUT2D eigenvalue weighted by molar-refractivity contribution is 7.15. The molecule has 146 valence electrons. The van der Waals surface area contributed by atoms with Gasteiger partial charge in [-0.2, -0.15) is 0 Å². The maximum absolute atomic E-state index is 12.4. The lowest BCUT2D eigenvalue weighted by molar-refractivity contribution is -0.120. The van der Waals surface area contributed by atoms with E-state index in [1.54, 1.807) is 24.3 Å². The Morgan fingerprint density at radius 1 is 1.00 bits per heavy atom. The van der Waals surface area contributed by atoms with Gasteiger partial charge in [-0.15, -0.1) is 10.2 Å². The SMILES string of the molecule is CCCCCc1nnc(NC(=O)c2ccc(NC(=O)C(CC)CC)cc2)s1. The molecule has 0 atom stereocenters. The molecule has 2 aromatic rings. The fourth-order valence-corrected chi connectivity index (χ4v) is 3.49. The summed E-state index contributed by atoms with van der Waals surface area (Å²) in [4.78, 5) is 24.5. The Balaban J connectivity index is 1.91. The topological polar surface area (TPSA) is 84.0 Å². The molecule has 27 heavy (non-hydrogen) atoms. The van der Waals surface area contributed by atoms with Crippen molar-refractivity contribution in [3.05, 3.63) is 34.8 Å². The van der Waals surface area contributed by atoms with Crippen molar-refractivity contribution in [1.29, 1.82) is 0 Å². The van der Waals surface area contributed by atoms with Crippen molar-refractivity contribution in [3.63, 3.8) is 0 Å². The number of hydrogen-bond donors (Lipinski definition) is 2. The fourth-order valence-electron chi connectivity index (χ4n) is 2.71. The Morgan fingerprint density at radius 2 is 1.70 bits per heavy atom. The minimum atomic E-state index is -0.232. The van der Waals surface area contributed by atoms with Gasteiger partial charge in [0, 0.05) is 23.6 Å². The smallest absolute Gasteiger partial charge is 0.257 e. The second-order valence-corrected chi connectivity index (χ2v) is 7.55. The zero-order valence-corrected chi connectivity index (χ0v) is 17.1. The Bertz CT molecular complexity index is 739. The van der Waals surface area contributed by atoms with Gasteiger partial charge in [0.15, 0.2) is 0 Å². The number of aryl methyl sites for hydroxylation is 1. The molecule has 0 aliphatic carbocycles. The van der Waals surface area contributed by atoms with Crippen molar-refractivity contribution in [3.8, 4) is 0 Å². The Labute approximate surface area is 164 Å². The largest absolute Gasteiger partial charge is 0.326 e. The average Bonchev–Trinajstić information content (AvgIpc) is 3.10. The van der Waals surface area contributed by atoms with E-state index in [-0.39, 0.29) is 17.7 Å². The molecular formula is C20H28N4O2S. The van der Waals surface area contributed by atoms with E-state index in [2.05, 4.69) is 27.8 Å². The summed E-state index contributed by atoms with van der Waals surface area (Å²) in [6.45, 7) is 6.17. The second-order valence-electron chi connectivity index (χ2n) is 6.49. The number of rotatable bonds is 10. The zero-order valence-electron chi connectivity index (χ0n) is 16.2. The van der Waals surface area contributed by atoms with Crippen molar-refractivity contribution >= 4 is 34.0 Å². The highest BCUT2D eigenvalue weighted by Gasteiger charge is 2.15. The summed E-state index contributed by atoms with van der Waals surface area (Å²) in [5.74, 6) is -0.206. The molecule has 0 bridgehead atoms. The first-order valence-corrected chi connectivity index (χ1v) is 10.4. The van der Waals surface area contributed by atoms with Crippen LogP contribution >= 0.6 is 11.3 Å². The number of carbonyl (C=O) groups excluding carboxylic acids is 2. The first kappa shape index (κ1) is 21.0. The lowest BCUT2D eigenvalue weighted by Crippen LogP contribution is -2.21. The Hall–Kier alpha value is -2.28. The van der Waals surface area contributed by atoms with Crippen LogP contribution in [0, 0.1) is 5.92 Å². The maximum atomic E-state index is 12.4. The lowest BCUT2D eigenvalue weighted by Gasteiger charge is -2.12. The molecule has 0 aliphatic heterocycles. The number of unbranched alkanes of at least 4 members (excludes halogenated alkanes) is 2. The lowest BCUT2D eigenvalue weighted by atomic mass is 10.0.